The second-order valence-corrected chi connectivity index (χ2v) is 5.45. The Hall–Kier alpha value is -1.59. The zero-order chi connectivity index (χ0) is 15.8. The van der Waals surface area contributed by atoms with Crippen LogP contribution in [0.2, 0.25) is 0 Å². The number of carbonyl (C=O) groups is 3. The standard InChI is InChI=1S/C14H26N2O4/c1-6-15-11(17)10-16(7-2)12(18)8-9-13(19)20-14(3,4)5/h6-10H2,1-5H3,(H,15,17). The monoisotopic (exact) mass is 286 g/mol. The number of nitrogens with one attached hydrogen (secondary N) is 1. The van der Waals surface area contributed by atoms with E-state index < -0.39 is 11.6 Å². The lowest BCUT2D eigenvalue weighted by Gasteiger charge is -2.21. The van der Waals surface area contributed by atoms with Crippen LogP contribution in [-0.2, 0) is 19.1 Å². The molecule has 116 valence electrons. The summed E-state index contributed by atoms with van der Waals surface area (Å²) < 4.78 is 5.13. The number of hydrogen-bond donors (Lipinski definition) is 1. The highest BCUT2D eigenvalue weighted by Gasteiger charge is 2.20. The minimum Gasteiger partial charge on any atom is -0.460 e. The molecule has 0 aromatic carbocycles. The summed E-state index contributed by atoms with van der Waals surface area (Å²) in [6, 6.07) is 0. The van der Waals surface area contributed by atoms with Gasteiger partial charge < -0.3 is 15.0 Å². The number of rotatable bonds is 7. The van der Waals surface area contributed by atoms with Gasteiger partial charge in [-0.1, -0.05) is 0 Å². The lowest BCUT2D eigenvalue weighted by atomic mass is 10.2. The zero-order valence-corrected chi connectivity index (χ0v) is 13.1. The van der Waals surface area contributed by atoms with Crippen LogP contribution >= 0.6 is 0 Å². The minimum absolute atomic E-state index is 0.0253. The number of ether oxygens (including phenoxy) is 1. The third-order valence-electron chi connectivity index (χ3n) is 2.41. The summed E-state index contributed by atoms with van der Waals surface area (Å²) in [5.74, 6) is -0.815. The van der Waals surface area contributed by atoms with E-state index in [0.29, 0.717) is 13.1 Å². The van der Waals surface area contributed by atoms with Gasteiger partial charge in [0, 0.05) is 19.5 Å². The highest BCUT2D eigenvalue weighted by molar-refractivity contribution is 5.86. The number of amides is 2. The fraction of sp³-hybridized carbons (Fsp3) is 0.786. The smallest absolute Gasteiger partial charge is 0.306 e. The van der Waals surface area contributed by atoms with E-state index in [1.165, 1.54) is 4.90 Å². The van der Waals surface area contributed by atoms with E-state index in [1.54, 1.807) is 27.7 Å². The summed E-state index contributed by atoms with van der Waals surface area (Å²) in [5, 5.41) is 2.64. The maximum absolute atomic E-state index is 11.9. The molecule has 0 aliphatic heterocycles. The van der Waals surface area contributed by atoms with Crippen molar-refractivity contribution in [3.63, 3.8) is 0 Å². The van der Waals surface area contributed by atoms with E-state index in [4.69, 9.17) is 4.74 Å². The number of carbonyl (C=O) groups excluding carboxylic acids is 3. The average molecular weight is 286 g/mol. The first-order chi connectivity index (χ1) is 9.19. The molecule has 0 aromatic rings. The molecule has 0 bridgehead atoms. The van der Waals surface area contributed by atoms with Gasteiger partial charge in [-0.15, -0.1) is 0 Å². The van der Waals surface area contributed by atoms with Gasteiger partial charge in [-0.05, 0) is 34.6 Å². The lowest BCUT2D eigenvalue weighted by Crippen LogP contribution is -2.40. The second kappa shape index (κ2) is 8.55. The van der Waals surface area contributed by atoms with Crippen LogP contribution in [0.15, 0.2) is 0 Å². The molecule has 0 fully saturated rings. The Morgan fingerprint density at radius 3 is 2.15 bits per heavy atom. The first-order valence-corrected chi connectivity index (χ1v) is 6.96. The van der Waals surface area contributed by atoms with E-state index in [0.717, 1.165) is 0 Å². The van der Waals surface area contributed by atoms with Crippen LogP contribution in [0.1, 0.15) is 47.5 Å². The maximum Gasteiger partial charge on any atom is 0.306 e. The average Bonchev–Trinajstić information content (AvgIpc) is 2.31. The first kappa shape index (κ1) is 18.4. The Morgan fingerprint density at radius 2 is 1.70 bits per heavy atom. The molecule has 0 spiro atoms. The molecule has 0 saturated heterocycles. The molecule has 0 rings (SSSR count). The fourth-order valence-corrected chi connectivity index (χ4v) is 1.56. The van der Waals surface area contributed by atoms with E-state index in [1.807, 2.05) is 6.92 Å². The summed E-state index contributed by atoms with van der Waals surface area (Å²) in [4.78, 5) is 36.3. The van der Waals surface area contributed by atoms with E-state index in [-0.39, 0.29) is 31.2 Å². The molecule has 6 heteroatoms. The Kier molecular flexibility index (Phi) is 7.87. The van der Waals surface area contributed by atoms with E-state index in [9.17, 15) is 14.4 Å². The van der Waals surface area contributed by atoms with Crippen molar-refractivity contribution >= 4 is 17.8 Å². The van der Waals surface area contributed by atoms with Gasteiger partial charge in [-0.3, -0.25) is 14.4 Å². The number of hydrogen-bond acceptors (Lipinski definition) is 4. The summed E-state index contributed by atoms with van der Waals surface area (Å²) in [6.45, 7) is 9.94. The van der Waals surface area contributed by atoms with Crippen molar-refractivity contribution in [2.45, 2.75) is 53.1 Å². The van der Waals surface area contributed by atoms with Gasteiger partial charge in [0.1, 0.15) is 5.60 Å². The SMILES string of the molecule is CCNC(=O)CN(CC)C(=O)CCC(=O)OC(C)(C)C. The summed E-state index contributed by atoms with van der Waals surface area (Å²) in [5.41, 5.74) is -0.550. The van der Waals surface area contributed by atoms with Crippen LogP contribution in [0.5, 0.6) is 0 Å². The Bertz CT molecular complexity index is 348. The summed E-state index contributed by atoms with van der Waals surface area (Å²) >= 11 is 0. The molecule has 1 N–H and O–H groups in total. The molecule has 0 atom stereocenters. The van der Waals surface area contributed by atoms with Gasteiger partial charge in [0.05, 0.1) is 13.0 Å². The predicted molar refractivity (Wildman–Crippen MR) is 76.0 cm³/mol. The Labute approximate surface area is 120 Å². The van der Waals surface area contributed by atoms with Gasteiger partial charge >= 0.3 is 5.97 Å². The second-order valence-electron chi connectivity index (χ2n) is 5.45. The third kappa shape index (κ3) is 8.50. The summed E-state index contributed by atoms with van der Waals surface area (Å²) in [7, 11) is 0. The third-order valence-corrected chi connectivity index (χ3v) is 2.41. The fourth-order valence-electron chi connectivity index (χ4n) is 1.56. The molecular weight excluding hydrogens is 260 g/mol. The maximum atomic E-state index is 11.9. The van der Waals surface area contributed by atoms with Crippen LogP contribution in [0, 0.1) is 0 Å². The van der Waals surface area contributed by atoms with Gasteiger partial charge in [0.25, 0.3) is 0 Å². The molecule has 0 aliphatic rings. The predicted octanol–water partition coefficient (Wildman–Crippen LogP) is 1.09. The Balaban J connectivity index is 4.22. The topological polar surface area (TPSA) is 75.7 Å². The van der Waals surface area contributed by atoms with Crippen LogP contribution < -0.4 is 5.32 Å². The van der Waals surface area contributed by atoms with Crippen molar-refractivity contribution in [3.05, 3.63) is 0 Å². The van der Waals surface area contributed by atoms with Crippen molar-refractivity contribution in [1.29, 1.82) is 0 Å². The van der Waals surface area contributed by atoms with E-state index in [2.05, 4.69) is 5.32 Å². The normalized spacial score (nSPS) is 10.8. The highest BCUT2D eigenvalue weighted by atomic mass is 16.6. The molecule has 20 heavy (non-hydrogen) atoms. The molecule has 0 unspecified atom stereocenters. The van der Waals surface area contributed by atoms with Crippen LogP contribution in [0.3, 0.4) is 0 Å². The number of likely N-dealkylation sites (N-methyl/N-ethyl adjacent to an activating group) is 2. The molecular formula is C14H26N2O4. The van der Waals surface area contributed by atoms with Crippen LogP contribution in [0.25, 0.3) is 0 Å². The highest BCUT2D eigenvalue weighted by Crippen LogP contribution is 2.09. The number of nitrogens with zero attached hydrogens (tertiary/aromatic N) is 1. The molecule has 2 amide bonds. The Morgan fingerprint density at radius 1 is 1.10 bits per heavy atom. The van der Waals surface area contributed by atoms with Gasteiger partial charge in [0.15, 0.2) is 0 Å². The molecule has 0 radical (unpaired) electrons. The van der Waals surface area contributed by atoms with Crippen LogP contribution in [-0.4, -0.2) is 47.9 Å². The van der Waals surface area contributed by atoms with E-state index >= 15 is 0 Å². The quantitative estimate of drug-likeness (QED) is 0.711. The van der Waals surface area contributed by atoms with Crippen molar-refractivity contribution in [3.8, 4) is 0 Å². The van der Waals surface area contributed by atoms with Gasteiger partial charge in [-0.2, -0.15) is 0 Å². The molecule has 6 nitrogen and oxygen atoms in total. The minimum atomic E-state index is -0.550. The summed E-state index contributed by atoms with van der Waals surface area (Å²) in [6.07, 6.45) is 0.0875. The first-order valence-electron chi connectivity index (χ1n) is 6.96. The van der Waals surface area contributed by atoms with Crippen molar-refractivity contribution in [2.75, 3.05) is 19.6 Å². The zero-order valence-electron chi connectivity index (χ0n) is 13.1. The molecule has 0 heterocycles. The van der Waals surface area contributed by atoms with Crippen molar-refractivity contribution in [1.82, 2.24) is 10.2 Å². The number of esters is 1. The molecule has 0 aliphatic carbocycles. The van der Waals surface area contributed by atoms with Crippen molar-refractivity contribution in [2.24, 2.45) is 0 Å². The molecule has 0 saturated carbocycles. The van der Waals surface area contributed by atoms with Crippen LogP contribution in [0.4, 0.5) is 0 Å². The lowest BCUT2D eigenvalue weighted by molar-refractivity contribution is -0.156. The largest absolute Gasteiger partial charge is 0.460 e. The van der Waals surface area contributed by atoms with Gasteiger partial charge in [0.2, 0.25) is 11.8 Å². The van der Waals surface area contributed by atoms with Gasteiger partial charge in [-0.25, -0.2) is 0 Å². The van der Waals surface area contributed by atoms with Crippen molar-refractivity contribution < 1.29 is 19.1 Å². The molecule has 0 aromatic heterocycles.